The minimum absolute atomic E-state index is 0.293. The summed E-state index contributed by atoms with van der Waals surface area (Å²) in [5.74, 6) is 0.712. The normalized spacial score (nSPS) is 18.0. The molecule has 112 valence electrons. The molecule has 1 aliphatic rings. The fourth-order valence-corrected chi connectivity index (χ4v) is 3.42. The van der Waals surface area contributed by atoms with Crippen molar-refractivity contribution in [2.45, 2.75) is 44.8 Å². The third kappa shape index (κ3) is 4.45. The second-order valence-electron chi connectivity index (χ2n) is 5.54. The van der Waals surface area contributed by atoms with Crippen LogP contribution in [0.15, 0.2) is 22.7 Å². The summed E-state index contributed by atoms with van der Waals surface area (Å²) < 4.78 is 6.78. The van der Waals surface area contributed by atoms with E-state index in [2.05, 4.69) is 40.3 Å². The van der Waals surface area contributed by atoms with E-state index in [-0.39, 0.29) is 0 Å². The Morgan fingerprint density at radius 1 is 1.45 bits per heavy atom. The molecule has 1 N–H and O–H groups in total. The summed E-state index contributed by atoms with van der Waals surface area (Å²) in [6.07, 6.45) is 4.92. The first-order chi connectivity index (χ1) is 9.65. The lowest BCUT2D eigenvalue weighted by molar-refractivity contribution is 0.0511. The van der Waals surface area contributed by atoms with Crippen molar-refractivity contribution >= 4 is 27.5 Å². The molecule has 4 heteroatoms. The highest BCUT2D eigenvalue weighted by molar-refractivity contribution is 9.10. The molecule has 2 rings (SSSR count). The summed E-state index contributed by atoms with van der Waals surface area (Å²) in [6, 6.07) is 6.46. The number of hydrogen-bond donors (Lipinski definition) is 1. The molecule has 0 saturated heterocycles. The fraction of sp³-hybridized carbons (Fsp3) is 0.625. The SMILES string of the molecule is CCCNC(Cc1ccc(Br)cc1Cl)C(OC)C1CC1. The van der Waals surface area contributed by atoms with E-state index in [0.717, 1.165) is 28.9 Å². The summed E-state index contributed by atoms with van der Waals surface area (Å²) in [5, 5.41) is 4.46. The van der Waals surface area contributed by atoms with Crippen molar-refractivity contribution in [2.24, 2.45) is 5.92 Å². The topological polar surface area (TPSA) is 21.3 Å². The van der Waals surface area contributed by atoms with E-state index in [4.69, 9.17) is 16.3 Å². The highest BCUT2D eigenvalue weighted by Crippen LogP contribution is 2.36. The molecule has 1 saturated carbocycles. The van der Waals surface area contributed by atoms with Crippen molar-refractivity contribution in [3.63, 3.8) is 0 Å². The summed E-state index contributed by atoms with van der Waals surface area (Å²) in [4.78, 5) is 0. The summed E-state index contributed by atoms with van der Waals surface area (Å²) in [5.41, 5.74) is 1.19. The molecule has 1 aliphatic carbocycles. The number of methoxy groups -OCH3 is 1. The zero-order valence-corrected chi connectivity index (χ0v) is 14.5. The number of nitrogens with one attached hydrogen (secondary N) is 1. The molecule has 0 heterocycles. The molecule has 1 aromatic rings. The quantitative estimate of drug-likeness (QED) is 0.740. The van der Waals surface area contributed by atoms with Crippen LogP contribution in [0.2, 0.25) is 5.02 Å². The van der Waals surface area contributed by atoms with Gasteiger partial charge in [-0.2, -0.15) is 0 Å². The van der Waals surface area contributed by atoms with Gasteiger partial charge in [-0.1, -0.05) is 40.5 Å². The minimum Gasteiger partial charge on any atom is -0.380 e. The Morgan fingerprint density at radius 3 is 2.75 bits per heavy atom. The molecule has 1 aromatic carbocycles. The van der Waals surface area contributed by atoms with Gasteiger partial charge in [0.2, 0.25) is 0 Å². The molecule has 0 radical (unpaired) electrons. The van der Waals surface area contributed by atoms with Gasteiger partial charge >= 0.3 is 0 Å². The van der Waals surface area contributed by atoms with Crippen molar-refractivity contribution in [2.75, 3.05) is 13.7 Å². The van der Waals surface area contributed by atoms with Crippen LogP contribution in [0, 0.1) is 5.92 Å². The van der Waals surface area contributed by atoms with Crippen LogP contribution in [0.1, 0.15) is 31.7 Å². The summed E-state index contributed by atoms with van der Waals surface area (Å²) >= 11 is 9.81. The van der Waals surface area contributed by atoms with E-state index in [0.29, 0.717) is 18.1 Å². The molecule has 20 heavy (non-hydrogen) atoms. The Bertz CT molecular complexity index is 436. The van der Waals surface area contributed by atoms with E-state index < -0.39 is 0 Å². The molecular formula is C16H23BrClNO. The Balaban J connectivity index is 2.09. The van der Waals surface area contributed by atoms with Crippen molar-refractivity contribution < 1.29 is 4.74 Å². The van der Waals surface area contributed by atoms with Gasteiger partial charge in [0, 0.05) is 22.6 Å². The van der Waals surface area contributed by atoms with E-state index in [1.807, 2.05) is 13.2 Å². The van der Waals surface area contributed by atoms with Gasteiger partial charge in [-0.25, -0.2) is 0 Å². The van der Waals surface area contributed by atoms with Crippen LogP contribution in [-0.2, 0) is 11.2 Å². The highest BCUT2D eigenvalue weighted by Gasteiger charge is 2.36. The van der Waals surface area contributed by atoms with Crippen molar-refractivity contribution in [1.29, 1.82) is 0 Å². The van der Waals surface area contributed by atoms with Gasteiger partial charge in [-0.15, -0.1) is 0 Å². The van der Waals surface area contributed by atoms with E-state index >= 15 is 0 Å². The predicted octanol–water partition coefficient (Wildman–Crippen LogP) is 4.44. The van der Waals surface area contributed by atoms with Crippen molar-refractivity contribution in [3.05, 3.63) is 33.3 Å². The van der Waals surface area contributed by atoms with Crippen LogP contribution < -0.4 is 5.32 Å². The van der Waals surface area contributed by atoms with E-state index in [1.165, 1.54) is 18.4 Å². The number of benzene rings is 1. The molecule has 0 bridgehead atoms. The lowest BCUT2D eigenvalue weighted by atomic mass is 9.98. The first kappa shape index (κ1) is 16.3. The largest absolute Gasteiger partial charge is 0.380 e. The number of hydrogen-bond acceptors (Lipinski definition) is 2. The van der Waals surface area contributed by atoms with E-state index in [9.17, 15) is 0 Å². The third-order valence-corrected chi connectivity index (χ3v) is 4.71. The Hall–Kier alpha value is -0.0900. The van der Waals surface area contributed by atoms with Crippen LogP contribution in [0.3, 0.4) is 0 Å². The summed E-state index contributed by atoms with van der Waals surface area (Å²) in [6.45, 7) is 3.21. The maximum Gasteiger partial charge on any atom is 0.0755 e. The average molecular weight is 361 g/mol. The van der Waals surface area contributed by atoms with Gasteiger partial charge in [0.05, 0.1) is 6.10 Å². The maximum absolute atomic E-state index is 6.35. The first-order valence-corrected chi connectivity index (χ1v) is 8.53. The van der Waals surface area contributed by atoms with Gasteiger partial charge in [0.1, 0.15) is 0 Å². The van der Waals surface area contributed by atoms with Crippen molar-refractivity contribution in [1.82, 2.24) is 5.32 Å². The van der Waals surface area contributed by atoms with Crippen LogP contribution in [0.25, 0.3) is 0 Å². The summed E-state index contributed by atoms with van der Waals surface area (Å²) in [7, 11) is 1.83. The maximum atomic E-state index is 6.35. The smallest absolute Gasteiger partial charge is 0.0755 e. The fourth-order valence-electron chi connectivity index (χ4n) is 2.67. The van der Waals surface area contributed by atoms with Crippen LogP contribution in [-0.4, -0.2) is 25.8 Å². The van der Waals surface area contributed by atoms with Crippen LogP contribution in [0.5, 0.6) is 0 Å². The minimum atomic E-state index is 0.293. The standard InChI is InChI=1S/C16H23BrClNO/c1-3-8-19-15(16(20-2)11-4-5-11)9-12-6-7-13(17)10-14(12)18/h6-7,10-11,15-16,19H,3-5,8-9H2,1-2H3. The van der Waals surface area contributed by atoms with Gasteiger partial charge in [0.15, 0.2) is 0 Å². The molecule has 2 atom stereocenters. The van der Waals surface area contributed by atoms with Crippen LogP contribution in [0.4, 0.5) is 0 Å². The molecule has 0 aliphatic heterocycles. The monoisotopic (exact) mass is 359 g/mol. The number of halogens is 2. The molecular weight excluding hydrogens is 338 g/mol. The molecule has 2 unspecified atom stereocenters. The Kier molecular flexibility index (Phi) is 6.34. The first-order valence-electron chi connectivity index (χ1n) is 7.35. The highest BCUT2D eigenvalue weighted by atomic mass is 79.9. The third-order valence-electron chi connectivity index (χ3n) is 3.87. The molecule has 0 amide bonds. The number of rotatable bonds is 8. The lowest BCUT2D eigenvalue weighted by Crippen LogP contribution is -2.44. The Labute approximate surface area is 135 Å². The average Bonchev–Trinajstić information content (AvgIpc) is 3.24. The molecule has 1 fully saturated rings. The predicted molar refractivity (Wildman–Crippen MR) is 88.5 cm³/mol. The zero-order valence-electron chi connectivity index (χ0n) is 12.2. The van der Waals surface area contributed by atoms with Crippen LogP contribution >= 0.6 is 27.5 Å². The van der Waals surface area contributed by atoms with Gasteiger partial charge < -0.3 is 10.1 Å². The zero-order chi connectivity index (χ0) is 14.5. The van der Waals surface area contributed by atoms with E-state index in [1.54, 1.807) is 0 Å². The molecule has 2 nitrogen and oxygen atoms in total. The second-order valence-corrected chi connectivity index (χ2v) is 6.86. The van der Waals surface area contributed by atoms with Gasteiger partial charge in [-0.05, 0) is 55.8 Å². The Morgan fingerprint density at radius 2 is 2.20 bits per heavy atom. The molecule has 0 spiro atoms. The lowest BCUT2D eigenvalue weighted by Gasteiger charge is -2.27. The van der Waals surface area contributed by atoms with Crippen molar-refractivity contribution in [3.8, 4) is 0 Å². The van der Waals surface area contributed by atoms with Gasteiger partial charge in [-0.3, -0.25) is 0 Å². The van der Waals surface area contributed by atoms with Gasteiger partial charge in [0.25, 0.3) is 0 Å². The molecule has 0 aromatic heterocycles. The second kappa shape index (κ2) is 7.79. The number of ether oxygens (including phenoxy) is 1.